The lowest BCUT2D eigenvalue weighted by atomic mass is 10.1. The van der Waals surface area contributed by atoms with Crippen molar-refractivity contribution >= 4 is 5.91 Å². The Hall–Kier alpha value is -1.39. The number of methoxy groups -OCH3 is 1. The summed E-state index contributed by atoms with van der Waals surface area (Å²) in [6, 6.07) is 8.13. The summed E-state index contributed by atoms with van der Waals surface area (Å²) in [5.41, 5.74) is 2.37. The Morgan fingerprint density at radius 3 is 2.50 bits per heavy atom. The molecule has 1 N–H and O–H groups in total. The van der Waals surface area contributed by atoms with Crippen LogP contribution in [0.1, 0.15) is 18.1 Å². The van der Waals surface area contributed by atoms with Gasteiger partial charge in [0.1, 0.15) is 6.10 Å². The Balaban J connectivity index is 2.64. The smallest absolute Gasteiger partial charge is 0.249 e. The van der Waals surface area contributed by atoms with E-state index in [1.807, 2.05) is 32.3 Å². The number of amides is 1. The summed E-state index contributed by atoms with van der Waals surface area (Å²) < 4.78 is 4.97. The van der Waals surface area contributed by atoms with Crippen molar-refractivity contribution in [1.29, 1.82) is 0 Å². The molecule has 1 amide bonds. The van der Waals surface area contributed by atoms with Crippen LogP contribution in [0.3, 0.4) is 0 Å². The molecule has 1 rings (SSSR count). The zero-order valence-electron chi connectivity index (χ0n) is 11.6. The van der Waals surface area contributed by atoms with Gasteiger partial charge in [-0.25, -0.2) is 0 Å². The molecule has 1 aromatic carbocycles. The van der Waals surface area contributed by atoms with Crippen molar-refractivity contribution < 1.29 is 9.53 Å². The van der Waals surface area contributed by atoms with Crippen molar-refractivity contribution in [1.82, 2.24) is 10.2 Å². The highest BCUT2D eigenvalue weighted by Gasteiger charge is 2.11. The first kappa shape index (κ1) is 14.7. The third-order valence-electron chi connectivity index (χ3n) is 2.78. The third kappa shape index (κ3) is 4.47. The topological polar surface area (TPSA) is 41.6 Å². The number of nitrogens with one attached hydrogen (secondary N) is 1. The molecule has 1 unspecified atom stereocenters. The van der Waals surface area contributed by atoms with Crippen molar-refractivity contribution in [3.8, 4) is 0 Å². The number of nitrogens with zero attached hydrogens (tertiary/aromatic N) is 1. The molecule has 0 aliphatic rings. The Morgan fingerprint density at radius 2 is 1.94 bits per heavy atom. The first-order valence-corrected chi connectivity index (χ1v) is 6.06. The van der Waals surface area contributed by atoms with Gasteiger partial charge in [-0.05, 0) is 32.1 Å². The second-order valence-electron chi connectivity index (χ2n) is 4.60. The lowest BCUT2D eigenvalue weighted by Gasteiger charge is -2.15. The minimum atomic E-state index is -0.411. The maximum absolute atomic E-state index is 11.6. The molecule has 4 nitrogen and oxygen atoms in total. The highest BCUT2D eigenvalue weighted by atomic mass is 16.5. The molecule has 0 radical (unpaired) electrons. The van der Waals surface area contributed by atoms with Gasteiger partial charge in [0, 0.05) is 20.2 Å². The number of ether oxygens (including phenoxy) is 1. The fourth-order valence-corrected chi connectivity index (χ4v) is 1.66. The Bertz CT molecular complexity index is 391. The van der Waals surface area contributed by atoms with E-state index in [1.165, 1.54) is 12.7 Å². The summed E-state index contributed by atoms with van der Waals surface area (Å²) in [4.78, 5) is 13.7. The van der Waals surface area contributed by atoms with Crippen molar-refractivity contribution in [2.24, 2.45) is 0 Å². The van der Waals surface area contributed by atoms with Gasteiger partial charge in [0.05, 0.1) is 0 Å². The van der Waals surface area contributed by atoms with Gasteiger partial charge in [-0.15, -0.1) is 0 Å². The number of hydrogen-bond donors (Lipinski definition) is 1. The number of carbonyl (C=O) groups excluding carboxylic acids is 1. The van der Waals surface area contributed by atoms with E-state index in [2.05, 4.69) is 16.3 Å². The van der Waals surface area contributed by atoms with E-state index in [-0.39, 0.29) is 5.91 Å². The average molecular weight is 250 g/mol. The zero-order chi connectivity index (χ0) is 13.5. The van der Waals surface area contributed by atoms with Crippen molar-refractivity contribution in [2.75, 3.05) is 21.2 Å². The Kier molecular flexibility index (Phi) is 5.82. The van der Waals surface area contributed by atoms with Crippen molar-refractivity contribution in [2.45, 2.75) is 26.1 Å². The van der Waals surface area contributed by atoms with Gasteiger partial charge in [0.2, 0.25) is 5.91 Å². The molecule has 0 heterocycles. The van der Waals surface area contributed by atoms with E-state index in [1.54, 1.807) is 6.92 Å². The van der Waals surface area contributed by atoms with Gasteiger partial charge in [-0.2, -0.15) is 0 Å². The third-order valence-corrected chi connectivity index (χ3v) is 2.78. The van der Waals surface area contributed by atoms with Crippen LogP contribution in [0.4, 0.5) is 0 Å². The Morgan fingerprint density at radius 1 is 1.33 bits per heavy atom. The van der Waals surface area contributed by atoms with Crippen LogP contribution in [-0.2, 0) is 22.6 Å². The summed E-state index contributed by atoms with van der Waals surface area (Å²) in [5.74, 6) is -0.0860. The van der Waals surface area contributed by atoms with Gasteiger partial charge >= 0.3 is 0 Å². The molecular formula is C14H22N2O2. The standard InChI is InChI=1S/C14H22N2O2/c1-11(18-4)14(17)15-9-12-7-5-6-8-13(12)10-16(2)3/h5-8,11H,9-10H2,1-4H3,(H,15,17). The van der Waals surface area contributed by atoms with E-state index < -0.39 is 6.10 Å². The predicted molar refractivity (Wildman–Crippen MR) is 72.2 cm³/mol. The molecule has 0 bridgehead atoms. The fourth-order valence-electron chi connectivity index (χ4n) is 1.66. The highest BCUT2D eigenvalue weighted by molar-refractivity contribution is 5.80. The van der Waals surface area contributed by atoms with Crippen molar-refractivity contribution in [3.05, 3.63) is 35.4 Å². The molecule has 0 saturated heterocycles. The van der Waals surface area contributed by atoms with Gasteiger partial charge < -0.3 is 15.0 Å². The largest absolute Gasteiger partial charge is 0.372 e. The van der Waals surface area contributed by atoms with Gasteiger partial charge in [-0.3, -0.25) is 4.79 Å². The van der Waals surface area contributed by atoms with Gasteiger partial charge in [0.15, 0.2) is 0 Å². The first-order valence-electron chi connectivity index (χ1n) is 6.06. The van der Waals surface area contributed by atoms with Gasteiger partial charge in [-0.1, -0.05) is 24.3 Å². The van der Waals surface area contributed by atoms with E-state index in [0.717, 1.165) is 12.1 Å². The van der Waals surface area contributed by atoms with Crippen LogP contribution < -0.4 is 5.32 Å². The fraction of sp³-hybridized carbons (Fsp3) is 0.500. The normalized spacial score (nSPS) is 12.5. The average Bonchev–Trinajstić information content (AvgIpc) is 2.35. The molecule has 1 atom stereocenters. The number of hydrogen-bond acceptors (Lipinski definition) is 3. The summed E-state index contributed by atoms with van der Waals surface area (Å²) in [6.07, 6.45) is -0.411. The molecule has 0 spiro atoms. The summed E-state index contributed by atoms with van der Waals surface area (Å²) in [6.45, 7) is 3.14. The minimum absolute atomic E-state index is 0.0860. The molecular weight excluding hydrogens is 228 g/mol. The second-order valence-corrected chi connectivity index (χ2v) is 4.60. The summed E-state index contributed by atoms with van der Waals surface area (Å²) in [7, 11) is 5.59. The molecule has 0 fully saturated rings. The van der Waals surface area contributed by atoms with Crippen LogP contribution in [0.25, 0.3) is 0 Å². The van der Waals surface area contributed by atoms with Crippen LogP contribution in [0.5, 0.6) is 0 Å². The molecule has 0 aliphatic carbocycles. The minimum Gasteiger partial charge on any atom is -0.372 e. The maximum Gasteiger partial charge on any atom is 0.249 e. The number of benzene rings is 1. The molecule has 4 heteroatoms. The maximum atomic E-state index is 11.6. The Labute approximate surface area is 109 Å². The first-order chi connectivity index (χ1) is 8.54. The quantitative estimate of drug-likeness (QED) is 0.830. The molecule has 0 aromatic heterocycles. The number of rotatable bonds is 6. The second kappa shape index (κ2) is 7.13. The van der Waals surface area contributed by atoms with Crippen molar-refractivity contribution in [3.63, 3.8) is 0 Å². The van der Waals surface area contributed by atoms with Crippen LogP contribution in [0, 0.1) is 0 Å². The molecule has 0 saturated carbocycles. The van der Waals surface area contributed by atoms with E-state index >= 15 is 0 Å². The lowest BCUT2D eigenvalue weighted by molar-refractivity contribution is -0.130. The summed E-state index contributed by atoms with van der Waals surface area (Å²) >= 11 is 0. The van der Waals surface area contributed by atoms with Gasteiger partial charge in [0.25, 0.3) is 0 Å². The molecule has 100 valence electrons. The van der Waals surface area contributed by atoms with E-state index in [0.29, 0.717) is 6.54 Å². The van der Waals surface area contributed by atoms with E-state index in [4.69, 9.17) is 4.74 Å². The van der Waals surface area contributed by atoms with Crippen LogP contribution >= 0.6 is 0 Å². The highest BCUT2D eigenvalue weighted by Crippen LogP contribution is 2.10. The summed E-state index contributed by atoms with van der Waals surface area (Å²) in [5, 5.41) is 2.88. The zero-order valence-corrected chi connectivity index (χ0v) is 11.6. The lowest BCUT2D eigenvalue weighted by Crippen LogP contribution is -2.33. The number of carbonyl (C=O) groups is 1. The van der Waals surface area contributed by atoms with Crippen LogP contribution in [0.15, 0.2) is 24.3 Å². The predicted octanol–water partition coefficient (Wildman–Crippen LogP) is 1.40. The van der Waals surface area contributed by atoms with Crippen LogP contribution in [-0.4, -0.2) is 38.1 Å². The van der Waals surface area contributed by atoms with E-state index in [9.17, 15) is 4.79 Å². The molecule has 0 aliphatic heterocycles. The monoisotopic (exact) mass is 250 g/mol. The molecule has 1 aromatic rings. The molecule has 18 heavy (non-hydrogen) atoms. The van der Waals surface area contributed by atoms with Crippen LogP contribution in [0.2, 0.25) is 0 Å². The SMILES string of the molecule is COC(C)C(=O)NCc1ccccc1CN(C)C.